The first kappa shape index (κ1) is 17.8. The van der Waals surface area contributed by atoms with Crippen molar-refractivity contribution in [2.75, 3.05) is 21.3 Å². The van der Waals surface area contributed by atoms with Crippen molar-refractivity contribution in [2.45, 2.75) is 11.3 Å². The molecule has 3 aromatic carbocycles. The molecule has 3 aromatic rings. The summed E-state index contributed by atoms with van der Waals surface area (Å²) in [7, 11) is -7.11. The van der Waals surface area contributed by atoms with Gasteiger partial charge >= 0.3 is 0 Å². The molecule has 1 saturated heterocycles. The molecular formula is C19H18N2O4S2. The van der Waals surface area contributed by atoms with Gasteiger partial charge < -0.3 is 0 Å². The van der Waals surface area contributed by atoms with E-state index in [4.69, 9.17) is 0 Å². The highest BCUT2D eigenvalue weighted by Crippen LogP contribution is 2.28. The summed E-state index contributed by atoms with van der Waals surface area (Å²) < 4.78 is 53.6. The first-order valence-electron chi connectivity index (χ1n) is 8.47. The number of hydrogen-bond donors (Lipinski definition) is 1. The molecule has 4 rings (SSSR count). The maximum atomic E-state index is 12.8. The zero-order valence-electron chi connectivity index (χ0n) is 14.4. The van der Waals surface area contributed by atoms with Gasteiger partial charge in [-0.05, 0) is 47.5 Å². The monoisotopic (exact) mass is 402 g/mol. The van der Waals surface area contributed by atoms with E-state index in [-0.39, 0.29) is 10.6 Å². The minimum absolute atomic E-state index is 0.111. The van der Waals surface area contributed by atoms with Gasteiger partial charge in [-0.2, -0.15) is 0 Å². The highest BCUT2D eigenvalue weighted by molar-refractivity contribution is 7.93. The van der Waals surface area contributed by atoms with Gasteiger partial charge in [0.25, 0.3) is 10.0 Å². The van der Waals surface area contributed by atoms with E-state index < -0.39 is 20.0 Å². The van der Waals surface area contributed by atoms with Gasteiger partial charge in [0.05, 0.1) is 22.0 Å². The van der Waals surface area contributed by atoms with Gasteiger partial charge in [0, 0.05) is 6.54 Å². The fraction of sp³-hybridized carbons (Fsp3) is 0.158. The zero-order valence-corrected chi connectivity index (χ0v) is 16.0. The van der Waals surface area contributed by atoms with Crippen LogP contribution in [0.3, 0.4) is 0 Å². The van der Waals surface area contributed by atoms with Crippen LogP contribution in [0.1, 0.15) is 6.42 Å². The van der Waals surface area contributed by atoms with Crippen molar-refractivity contribution in [1.82, 2.24) is 0 Å². The van der Waals surface area contributed by atoms with Crippen LogP contribution in [0.25, 0.3) is 10.8 Å². The van der Waals surface area contributed by atoms with Crippen LogP contribution < -0.4 is 9.03 Å². The SMILES string of the molecule is O=S(=O)(Nc1cccc(N2CCCS2(=O)=O)c1)c1ccc2ccccc2c1. The Morgan fingerprint density at radius 2 is 1.67 bits per heavy atom. The first-order valence-corrected chi connectivity index (χ1v) is 11.6. The highest BCUT2D eigenvalue weighted by Gasteiger charge is 2.28. The van der Waals surface area contributed by atoms with E-state index in [0.717, 1.165) is 10.8 Å². The van der Waals surface area contributed by atoms with E-state index >= 15 is 0 Å². The predicted octanol–water partition coefficient (Wildman–Crippen LogP) is 3.18. The minimum Gasteiger partial charge on any atom is -0.280 e. The Kier molecular flexibility index (Phi) is 4.32. The van der Waals surface area contributed by atoms with E-state index in [2.05, 4.69) is 4.72 Å². The van der Waals surface area contributed by atoms with E-state index in [1.807, 2.05) is 24.3 Å². The van der Waals surface area contributed by atoms with Crippen molar-refractivity contribution >= 4 is 42.2 Å². The standard InChI is InChI=1S/C19H18N2O4S2/c22-26(23)12-4-11-21(26)18-8-3-7-17(14-18)20-27(24,25)19-10-9-15-5-1-2-6-16(15)13-19/h1-3,5-10,13-14,20H,4,11-12H2. The van der Waals surface area contributed by atoms with Crippen LogP contribution in [0.5, 0.6) is 0 Å². The molecule has 0 radical (unpaired) electrons. The Bertz CT molecular complexity index is 1220. The lowest BCUT2D eigenvalue weighted by Crippen LogP contribution is -2.25. The molecule has 27 heavy (non-hydrogen) atoms. The van der Waals surface area contributed by atoms with Crippen molar-refractivity contribution in [1.29, 1.82) is 0 Å². The van der Waals surface area contributed by atoms with Gasteiger partial charge in [0.1, 0.15) is 0 Å². The van der Waals surface area contributed by atoms with Crippen LogP contribution in [0, 0.1) is 0 Å². The van der Waals surface area contributed by atoms with E-state index in [9.17, 15) is 16.8 Å². The molecule has 0 spiro atoms. The number of anilines is 2. The molecule has 0 saturated carbocycles. The topological polar surface area (TPSA) is 83.6 Å². The van der Waals surface area contributed by atoms with Gasteiger partial charge in [-0.1, -0.05) is 36.4 Å². The third kappa shape index (κ3) is 3.50. The Labute approximate surface area is 158 Å². The van der Waals surface area contributed by atoms with Gasteiger partial charge in [0.2, 0.25) is 10.0 Å². The lowest BCUT2D eigenvalue weighted by Gasteiger charge is -2.18. The molecule has 6 nitrogen and oxygen atoms in total. The molecule has 0 amide bonds. The molecule has 0 bridgehead atoms. The lowest BCUT2D eigenvalue weighted by molar-refractivity contribution is 0.598. The number of sulfonamides is 2. The maximum Gasteiger partial charge on any atom is 0.261 e. The quantitative estimate of drug-likeness (QED) is 0.726. The van der Waals surface area contributed by atoms with Crippen LogP contribution in [0.15, 0.2) is 71.6 Å². The summed E-state index contributed by atoms with van der Waals surface area (Å²) in [6, 6.07) is 18.9. The summed E-state index contributed by atoms with van der Waals surface area (Å²) in [4.78, 5) is 0.153. The normalized spacial score (nSPS) is 16.5. The minimum atomic E-state index is -3.79. The number of hydrogen-bond acceptors (Lipinski definition) is 4. The van der Waals surface area contributed by atoms with Crippen molar-refractivity contribution in [3.05, 3.63) is 66.7 Å². The van der Waals surface area contributed by atoms with Crippen molar-refractivity contribution in [2.24, 2.45) is 0 Å². The Balaban J connectivity index is 1.65. The lowest BCUT2D eigenvalue weighted by atomic mass is 10.1. The van der Waals surface area contributed by atoms with Crippen LogP contribution in [-0.4, -0.2) is 29.1 Å². The number of rotatable bonds is 4. The van der Waals surface area contributed by atoms with Crippen molar-refractivity contribution in [3.8, 4) is 0 Å². The van der Waals surface area contributed by atoms with E-state index in [1.54, 1.807) is 42.5 Å². The van der Waals surface area contributed by atoms with Gasteiger partial charge in [0.15, 0.2) is 0 Å². The molecule has 8 heteroatoms. The summed E-state index contributed by atoms with van der Waals surface area (Å²) in [5, 5.41) is 1.79. The maximum absolute atomic E-state index is 12.8. The smallest absolute Gasteiger partial charge is 0.261 e. The van der Waals surface area contributed by atoms with Crippen LogP contribution >= 0.6 is 0 Å². The van der Waals surface area contributed by atoms with Crippen LogP contribution in [0.4, 0.5) is 11.4 Å². The third-order valence-electron chi connectivity index (χ3n) is 4.52. The third-order valence-corrected chi connectivity index (χ3v) is 7.77. The molecule has 1 heterocycles. The van der Waals surface area contributed by atoms with Gasteiger partial charge in [-0.3, -0.25) is 9.03 Å². The highest BCUT2D eigenvalue weighted by atomic mass is 32.2. The largest absolute Gasteiger partial charge is 0.280 e. The summed E-state index contributed by atoms with van der Waals surface area (Å²) in [5.74, 6) is 0.111. The number of benzene rings is 3. The van der Waals surface area contributed by atoms with Gasteiger partial charge in [-0.25, -0.2) is 16.8 Å². The Morgan fingerprint density at radius 3 is 2.41 bits per heavy atom. The van der Waals surface area contributed by atoms with Gasteiger partial charge in [-0.15, -0.1) is 0 Å². The predicted molar refractivity (Wildman–Crippen MR) is 107 cm³/mol. The number of nitrogens with one attached hydrogen (secondary N) is 1. The second kappa shape index (κ2) is 6.54. The second-order valence-electron chi connectivity index (χ2n) is 6.41. The Morgan fingerprint density at radius 1 is 0.889 bits per heavy atom. The molecule has 1 N–H and O–H groups in total. The summed E-state index contributed by atoms with van der Waals surface area (Å²) in [5.41, 5.74) is 0.786. The zero-order chi connectivity index (χ0) is 19.1. The average molecular weight is 402 g/mol. The molecule has 1 fully saturated rings. The molecule has 0 unspecified atom stereocenters. The molecule has 140 valence electrons. The molecule has 1 aliphatic rings. The fourth-order valence-electron chi connectivity index (χ4n) is 3.20. The molecule has 1 aliphatic heterocycles. The molecule has 0 atom stereocenters. The molecular weight excluding hydrogens is 384 g/mol. The second-order valence-corrected chi connectivity index (χ2v) is 10.1. The fourth-order valence-corrected chi connectivity index (χ4v) is 5.84. The van der Waals surface area contributed by atoms with Crippen LogP contribution in [0.2, 0.25) is 0 Å². The number of nitrogens with zero attached hydrogens (tertiary/aromatic N) is 1. The van der Waals surface area contributed by atoms with Crippen LogP contribution in [-0.2, 0) is 20.0 Å². The van der Waals surface area contributed by atoms with E-state index in [1.165, 1.54) is 4.31 Å². The van der Waals surface area contributed by atoms with Crippen molar-refractivity contribution < 1.29 is 16.8 Å². The van der Waals surface area contributed by atoms with Crippen molar-refractivity contribution in [3.63, 3.8) is 0 Å². The molecule has 0 aromatic heterocycles. The number of fused-ring (bicyclic) bond motifs is 1. The Hall–Kier alpha value is -2.58. The molecule has 0 aliphatic carbocycles. The summed E-state index contributed by atoms with van der Waals surface area (Å²) >= 11 is 0. The first-order chi connectivity index (χ1) is 12.9. The van der Waals surface area contributed by atoms with E-state index in [0.29, 0.717) is 24.3 Å². The average Bonchev–Trinajstić information content (AvgIpc) is 3.00. The summed E-state index contributed by atoms with van der Waals surface area (Å²) in [6.07, 6.45) is 0.565. The summed E-state index contributed by atoms with van der Waals surface area (Å²) in [6.45, 7) is 0.406.